The summed E-state index contributed by atoms with van der Waals surface area (Å²) in [5, 5.41) is 19.0. The number of benzene rings is 1. The van der Waals surface area contributed by atoms with Crippen molar-refractivity contribution in [2.24, 2.45) is 7.05 Å². The van der Waals surface area contributed by atoms with Crippen molar-refractivity contribution in [2.75, 3.05) is 19.8 Å². The monoisotopic (exact) mass is 316 g/mol. The summed E-state index contributed by atoms with van der Waals surface area (Å²) in [7, 11) is 1.94. The van der Waals surface area contributed by atoms with Crippen LogP contribution in [0.2, 0.25) is 0 Å². The number of aryl methyl sites for hydroxylation is 1. The van der Waals surface area contributed by atoms with Gasteiger partial charge in [-0.15, -0.1) is 10.2 Å². The molecule has 0 radical (unpaired) electrons. The van der Waals surface area contributed by atoms with Gasteiger partial charge in [0.2, 0.25) is 0 Å². The van der Waals surface area contributed by atoms with E-state index in [4.69, 9.17) is 4.74 Å². The molecule has 2 aromatic rings. The molecule has 0 saturated carbocycles. The van der Waals surface area contributed by atoms with Crippen LogP contribution in [0.25, 0.3) is 0 Å². The van der Waals surface area contributed by atoms with Gasteiger partial charge in [-0.3, -0.25) is 4.90 Å². The van der Waals surface area contributed by atoms with Crippen LogP contribution in [0.1, 0.15) is 24.2 Å². The zero-order chi connectivity index (χ0) is 16.1. The lowest BCUT2D eigenvalue weighted by atomic mass is 9.93. The number of hydrogen-bond acceptors (Lipinski definition) is 5. The molecule has 1 aliphatic heterocycles. The molecule has 6 heteroatoms. The predicted octanol–water partition coefficient (Wildman–Crippen LogP) is 1.36. The number of hydrogen-bond donors (Lipinski definition) is 1. The van der Waals surface area contributed by atoms with E-state index < -0.39 is 5.60 Å². The highest BCUT2D eigenvalue weighted by Crippen LogP contribution is 2.23. The molecule has 0 bridgehead atoms. The lowest BCUT2D eigenvalue weighted by Crippen LogP contribution is -2.46. The molecule has 1 fully saturated rings. The van der Waals surface area contributed by atoms with E-state index in [2.05, 4.69) is 27.2 Å². The molecule has 1 aliphatic rings. The molecule has 0 amide bonds. The van der Waals surface area contributed by atoms with Crippen molar-refractivity contribution in [3.05, 3.63) is 48.0 Å². The Kier molecular flexibility index (Phi) is 5.05. The molecule has 1 aromatic heterocycles. The normalized spacial score (nSPS) is 17.5. The summed E-state index contributed by atoms with van der Waals surface area (Å²) < 4.78 is 7.31. The highest BCUT2D eigenvalue weighted by atomic mass is 16.5. The number of nitrogens with zero attached hydrogens (tertiary/aromatic N) is 4. The molecule has 3 rings (SSSR count). The molecular formula is C17H24N4O2. The Bertz CT molecular complexity index is 608. The number of aromatic nitrogens is 3. The third-order valence-electron chi connectivity index (χ3n) is 4.36. The van der Waals surface area contributed by atoms with Gasteiger partial charge in [0.1, 0.15) is 12.2 Å². The molecule has 1 N–H and O–H groups in total. The first kappa shape index (κ1) is 16.1. The molecule has 0 atom stereocenters. The maximum Gasteiger partial charge on any atom is 0.146 e. The predicted molar refractivity (Wildman–Crippen MR) is 86.6 cm³/mol. The van der Waals surface area contributed by atoms with Gasteiger partial charge < -0.3 is 14.4 Å². The molecule has 6 nitrogen and oxygen atoms in total. The van der Waals surface area contributed by atoms with Crippen LogP contribution in [0.5, 0.6) is 0 Å². The molecule has 0 spiro atoms. The van der Waals surface area contributed by atoms with E-state index in [9.17, 15) is 5.11 Å². The van der Waals surface area contributed by atoms with E-state index in [1.54, 1.807) is 6.33 Å². The van der Waals surface area contributed by atoms with Crippen LogP contribution < -0.4 is 0 Å². The Morgan fingerprint density at radius 1 is 1.22 bits per heavy atom. The second-order valence-electron chi connectivity index (χ2n) is 6.33. The fourth-order valence-electron chi connectivity index (χ4n) is 2.99. The van der Waals surface area contributed by atoms with E-state index in [0.29, 0.717) is 39.1 Å². The molecule has 0 aliphatic carbocycles. The van der Waals surface area contributed by atoms with Crippen LogP contribution in [0.15, 0.2) is 36.7 Å². The Morgan fingerprint density at radius 3 is 2.61 bits per heavy atom. The number of ether oxygens (including phenoxy) is 1. The SMILES string of the molecule is Cn1cnnc1CN(Cc1ccccc1)CC1(O)CCOCC1. The summed E-state index contributed by atoms with van der Waals surface area (Å²) in [5.74, 6) is 0.900. The Labute approximate surface area is 136 Å². The molecule has 0 unspecified atom stereocenters. The van der Waals surface area contributed by atoms with Crippen molar-refractivity contribution in [1.82, 2.24) is 19.7 Å². The van der Waals surface area contributed by atoms with Crippen molar-refractivity contribution >= 4 is 0 Å². The minimum Gasteiger partial charge on any atom is -0.388 e. The largest absolute Gasteiger partial charge is 0.388 e. The number of aliphatic hydroxyl groups is 1. The van der Waals surface area contributed by atoms with E-state index in [1.165, 1.54) is 5.56 Å². The maximum absolute atomic E-state index is 10.9. The van der Waals surface area contributed by atoms with Gasteiger partial charge in [-0.2, -0.15) is 0 Å². The first-order valence-corrected chi connectivity index (χ1v) is 8.04. The third-order valence-corrected chi connectivity index (χ3v) is 4.36. The van der Waals surface area contributed by atoms with Crippen LogP contribution in [-0.4, -0.2) is 50.1 Å². The third kappa shape index (κ3) is 4.37. The highest BCUT2D eigenvalue weighted by Gasteiger charge is 2.32. The van der Waals surface area contributed by atoms with Crippen molar-refractivity contribution in [2.45, 2.75) is 31.5 Å². The van der Waals surface area contributed by atoms with Crippen LogP contribution in [0, 0.1) is 0 Å². The average molecular weight is 316 g/mol. The van der Waals surface area contributed by atoms with E-state index in [1.807, 2.05) is 29.8 Å². The minimum absolute atomic E-state index is 0.609. The lowest BCUT2D eigenvalue weighted by Gasteiger charge is -2.36. The van der Waals surface area contributed by atoms with Gasteiger partial charge in [-0.25, -0.2) is 0 Å². The second kappa shape index (κ2) is 7.21. The first-order chi connectivity index (χ1) is 11.1. The maximum atomic E-state index is 10.9. The summed E-state index contributed by atoms with van der Waals surface area (Å²) in [6, 6.07) is 10.3. The number of rotatable bonds is 6. The quantitative estimate of drug-likeness (QED) is 0.872. The smallest absolute Gasteiger partial charge is 0.146 e. The Hall–Kier alpha value is -1.76. The average Bonchev–Trinajstić information content (AvgIpc) is 2.94. The van der Waals surface area contributed by atoms with E-state index >= 15 is 0 Å². The fraction of sp³-hybridized carbons (Fsp3) is 0.529. The van der Waals surface area contributed by atoms with Crippen LogP contribution in [0.4, 0.5) is 0 Å². The van der Waals surface area contributed by atoms with Gasteiger partial charge in [-0.1, -0.05) is 30.3 Å². The van der Waals surface area contributed by atoms with Crippen LogP contribution in [-0.2, 0) is 24.9 Å². The van der Waals surface area contributed by atoms with E-state index in [0.717, 1.165) is 12.4 Å². The first-order valence-electron chi connectivity index (χ1n) is 8.04. The van der Waals surface area contributed by atoms with Crippen molar-refractivity contribution in [3.63, 3.8) is 0 Å². The highest BCUT2D eigenvalue weighted by molar-refractivity contribution is 5.14. The lowest BCUT2D eigenvalue weighted by molar-refractivity contribution is -0.0824. The zero-order valence-electron chi connectivity index (χ0n) is 13.6. The van der Waals surface area contributed by atoms with Gasteiger partial charge in [0.15, 0.2) is 0 Å². The zero-order valence-corrected chi connectivity index (χ0v) is 13.6. The Balaban J connectivity index is 1.73. The van der Waals surface area contributed by atoms with E-state index in [-0.39, 0.29) is 0 Å². The summed E-state index contributed by atoms with van der Waals surface area (Å²) in [4.78, 5) is 2.24. The topological polar surface area (TPSA) is 63.4 Å². The van der Waals surface area contributed by atoms with Crippen LogP contribution in [0.3, 0.4) is 0 Å². The molecule has 124 valence electrons. The minimum atomic E-state index is -0.689. The van der Waals surface area contributed by atoms with Gasteiger partial charge in [-0.05, 0) is 5.56 Å². The van der Waals surface area contributed by atoms with Crippen molar-refractivity contribution in [1.29, 1.82) is 0 Å². The van der Waals surface area contributed by atoms with Crippen LogP contribution >= 0.6 is 0 Å². The fourth-order valence-corrected chi connectivity index (χ4v) is 2.99. The second-order valence-corrected chi connectivity index (χ2v) is 6.33. The summed E-state index contributed by atoms with van der Waals surface area (Å²) >= 11 is 0. The summed E-state index contributed by atoms with van der Waals surface area (Å²) in [6.07, 6.45) is 3.06. The van der Waals surface area contributed by atoms with Gasteiger partial charge in [0.25, 0.3) is 0 Å². The summed E-state index contributed by atoms with van der Waals surface area (Å²) in [6.45, 7) is 3.29. The Morgan fingerprint density at radius 2 is 1.96 bits per heavy atom. The molecule has 1 saturated heterocycles. The van der Waals surface area contributed by atoms with Gasteiger partial charge in [0.05, 0.1) is 12.1 Å². The summed E-state index contributed by atoms with van der Waals surface area (Å²) in [5.41, 5.74) is 0.538. The standard InChI is InChI=1S/C17H24N4O2/c1-20-14-18-19-16(20)12-21(11-15-5-3-2-4-6-15)13-17(22)7-9-23-10-8-17/h2-6,14,22H,7-13H2,1H3. The van der Waals surface area contributed by atoms with Gasteiger partial charge >= 0.3 is 0 Å². The molecule has 2 heterocycles. The van der Waals surface area contributed by atoms with Gasteiger partial charge in [0, 0.05) is 46.2 Å². The van der Waals surface area contributed by atoms with Crippen molar-refractivity contribution in [3.8, 4) is 0 Å². The van der Waals surface area contributed by atoms with Crippen molar-refractivity contribution < 1.29 is 9.84 Å². The molecule has 1 aromatic carbocycles. The molecule has 23 heavy (non-hydrogen) atoms. The molecular weight excluding hydrogens is 292 g/mol.